The summed E-state index contributed by atoms with van der Waals surface area (Å²) in [5.41, 5.74) is 3.18. The van der Waals surface area contributed by atoms with Gasteiger partial charge < -0.3 is 5.32 Å². The molecular weight excluding hydrogens is 262 g/mol. The third kappa shape index (κ3) is 3.36. The van der Waals surface area contributed by atoms with Gasteiger partial charge in [0.25, 0.3) is 0 Å². The maximum Gasteiger partial charge on any atom is 0.0863 e. The first-order chi connectivity index (χ1) is 9.11. The molecule has 0 saturated heterocycles. The topological polar surface area (TPSA) is 47.7 Å². The summed E-state index contributed by atoms with van der Waals surface area (Å²) in [5, 5.41) is 12.8. The van der Waals surface area contributed by atoms with Crippen LogP contribution in [0.5, 0.6) is 0 Å². The summed E-state index contributed by atoms with van der Waals surface area (Å²) < 4.78 is 3.79. The Hall–Kier alpha value is -1.33. The molecule has 0 atom stereocenters. The first-order valence-corrected chi connectivity index (χ1v) is 6.89. The maximum absolute atomic E-state index is 6.29. The summed E-state index contributed by atoms with van der Waals surface area (Å²) >= 11 is 6.29. The van der Waals surface area contributed by atoms with E-state index in [0.29, 0.717) is 0 Å². The first kappa shape index (κ1) is 14.1. The van der Waals surface area contributed by atoms with E-state index in [9.17, 15) is 0 Å². The van der Waals surface area contributed by atoms with Gasteiger partial charge in [0.1, 0.15) is 0 Å². The zero-order chi connectivity index (χ0) is 13.8. The summed E-state index contributed by atoms with van der Waals surface area (Å²) in [6.45, 7) is 6.53. The molecule has 0 saturated carbocycles. The molecule has 0 aromatic carbocycles. The van der Waals surface area contributed by atoms with Crippen LogP contribution in [-0.2, 0) is 26.6 Å². The van der Waals surface area contributed by atoms with Gasteiger partial charge in [-0.25, -0.2) is 0 Å². The lowest BCUT2D eigenvalue weighted by Crippen LogP contribution is -2.21. The third-order valence-corrected chi connectivity index (χ3v) is 3.51. The van der Waals surface area contributed by atoms with E-state index in [0.717, 1.165) is 42.5 Å². The molecule has 2 heterocycles. The highest BCUT2D eigenvalue weighted by Gasteiger charge is 2.11. The summed E-state index contributed by atoms with van der Waals surface area (Å²) in [7, 11) is 1.93. The maximum atomic E-state index is 6.29. The van der Waals surface area contributed by atoms with Crippen molar-refractivity contribution in [3.05, 3.63) is 34.4 Å². The molecule has 0 unspecified atom stereocenters. The molecule has 0 radical (unpaired) electrons. The monoisotopic (exact) mass is 281 g/mol. The molecule has 0 aliphatic carbocycles. The van der Waals surface area contributed by atoms with E-state index in [1.165, 1.54) is 5.56 Å². The lowest BCUT2D eigenvalue weighted by molar-refractivity contribution is 0.541. The van der Waals surface area contributed by atoms with E-state index >= 15 is 0 Å². The van der Waals surface area contributed by atoms with Gasteiger partial charge in [0.2, 0.25) is 0 Å². The summed E-state index contributed by atoms with van der Waals surface area (Å²) in [4.78, 5) is 0. The van der Waals surface area contributed by atoms with Crippen molar-refractivity contribution >= 4 is 11.6 Å². The fourth-order valence-electron chi connectivity index (χ4n) is 2.00. The highest BCUT2D eigenvalue weighted by molar-refractivity contribution is 6.31. The fraction of sp³-hybridized carbons (Fsp3) is 0.538. The molecule has 5 nitrogen and oxygen atoms in total. The van der Waals surface area contributed by atoms with Crippen molar-refractivity contribution in [2.45, 2.75) is 33.4 Å². The molecule has 1 N–H and O–H groups in total. The van der Waals surface area contributed by atoms with Crippen molar-refractivity contribution in [3.63, 3.8) is 0 Å². The first-order valence-electron chi connectivity index (χ1n) is 6.51. The average molecular weight is 282 g/mol. The van der Waals surface area contributed by atoms with E-state index in [2.05, 4.69) is 22.4 Å². The Morgan fingerprint density at radius 2 is 2.21 bits per heavy atom. The van der Waals surface area contributed by atoms with Crippen LogP contribution in [0, 0.1) is 6.92 Å². The van der Waals surface area contributed by atoms with Gasteiger partial charge in [-0.1, -0.05) is 18.5 Å². The van der Waals surface area contributed by atoms with Gasteiger partial charge in [-0.15, -0.1) is 0 Å². The second kappa shape index (κ2) is 6.21. The number of aromatic nitrogens is 4. The number of hydrogen-bond donors (Lipinski definition) is 1. The number of aryl methyl sites for hydroxylation is 3. The van der Waals surface area contributed by atoms with Crippen LogP contribution in [0.15, 0.2) is 12.4 Å². The van der Waals surface area contributed by atoms with Crippen LogP contribution in [0.3, 0.4) is 0 Å². The minimum Gasteiger partial charge on any atom is -0.309 e. The molecule has 0 aliphatic rings. The summed E-state index contributed by atoms with van der Waals surface area (Å²) in [6, 6.07) is 0. The Kier molecular flexibility index (Phi) is 4.61. The molecule has 0 bridgehead atoms. The van der Waals surface area contributed by atoms with Crippen molar-refractivity contribution in [1.82, 2.24) is 24.9 Å². The molecule has 0 amide bonds. The Morgan fingerprint density at radius 3 is 2.79 bits per heavy atom. The lowest BCUT2D eigenvalue weighted by atomic mass is 10.3. The van der Waals surface area contributed by atoms with Crippen LogP contribution in [0.1, 0.15) is 23.9 Å². The van der Waals surface area contributed by atoms with Gasteiger partial charge in [-0.05, 0) is 18.9 Å². The predicted octanol–water partition coefficient (Wildman–Crippen LogP) is 1.93. The van der Waals surface area contributed by atoms with Crippen LogP contribution in [0.4, 0.5) is 0 Å². The van der Waals surface area contributed by atoms with E-state index in [4.69, 9.17) is 11.6 Å². The van der Waals surface area contributed by atoms with Crippen molar-refractivity contribution in [2.75, 3.05) is 6.54 Å². The molecule has 2 aromatic heterocycles. The molecule has 6 heteroatoms. The Balaban J connectivity index is 1.84. The highest BCUT2D eigenvalue weighted by Crippen LogP contribution is 2.20. The predicted molar refractivity (Wildman–Crippen MR) is 76.3 cm³/mol. The smallest absolute Gasteiger partial charge is 0.0863 e. The van der Waals surface area contributed by atoms with E-state index in [-0.39, 0.29) is 0 Å². The molecule has 2 aromatic rings. The Bertz CT molecular complexity index is 543. The highest BCUT2D eigenvalue weighted by atomic mass is 35.5. The molecule has 2 rings (SSSR count). The zero-order valence-electron chi connectivity index (χ0n) is 11.6. The normalized spacial score (nSPS) is 11.2. The lowest BCUT2D eigenvalue weighted by Gasteiger charge is -2.06. The molecular formula is C13H20ClN5. The second-order valence-electron chi connectivity index (χ2n) is 4.64. The number of nitrogens with zero attached hydrogens (tertiary/aromatic N) is 4. The quantitative estimate of drug-likeness (QED) is 0.823. The van der Waals surface area contributed by atoms with Crippen molar-refractivity contribution in [2.24, 2.45) is 7.05 Å². The molecule has 0 aliphatic heterocycles. The fourth-order valence-corrected chi connectivity index (χ4v) is 2.36. The van der Waals surface area contributed by atoms with Gasteiger partial charge in [-0.2, -0.15) is 10.2 Å². The SMILES string of the molecule is CCc1nn(C)c(CNCCn2cc(C)cn2)c1Cl. The van der Waals surface area contributed by atoms with Crippen LogP contribution >= 0.6 is 11.6 Å². The van der Waals surface area contributed by atoms with E-state index in [1.54, 1.807) is 0 Å². The van der Waals surface area contributed by atoms with Crippen molar-refractivity contribution < 1.29 is 0 Å². The van der Waals surface area contributed by atoms with Gasteiger partial charge in [0.05, 0.1) is 29.2 Å². The summed E-state index contributed by atoms with van der Waals surface area (Å²) in [6.07, 6.45) is 4.76. The number of nitrogens with one attached hydrogen (secondary N) is 1. The minimum absolute atomic E-state index is 0.725. The average Bonchev–Trinajstić information content (AvgIpc) is 2.91. The minimum atomic E-state index is 0.725. The van der Waals surface area contributed by atoms with Crippen LogP contribution in [0.25, 0.3) is 0 Å². The molecule has 0 fully saturated rings. The molecule has 19 heavy (non-hydrogen) atoms. The largest absolute Gasteiger partial charge is 0.309 e. The summed E-state index contributed by atoms with van der Waals surface area (Å²) in [5.74, 6) is 0. The van der Waals surface area contributed by atoms with Crippen LogP contribution < -0.4 is 5.32 Å². The van der Waals surface area contributed by atoms with Crippen LogP contribution in [-0.4, -0.2) is 26.1 Å². The van der Waals surface area contributed by atoms with Crippen LogP contribution in [0.2, 0.25) is 5.02 Å². The standard InChI is InChI=1S/C13H20ClN5/c1-4-11-13(14)12(18(3)17-11)8-15-5-6-19-9-10(2)7-16-19/h7,9,15H,4-6,8H2,1-3H3. The van der Waals surface area contributed by atoms with Gasteiger partial charge in [0.15, 0.2) is 0 Å². The molecule has 104 valence electrons. The van der Waals surface area contributed by atoms with E-state index < -0.39 is 0 Å². The van der Waals surface area contributed by atoms with Gasteiger partial charge in [0, 0.05) is 26.3 Å². The Morgan fingerprint density at radius 1 is 1.42 bits per heavy atom. The number of halogens is 1. The van der Waals surface area contributed by atoms with E-state index in [1.807, 2.05) is 35.7 Å². The second-order valence-corrected chi connectivity index (χ2v) is 5.02. The van der Waals surface area contributed by atoms with Gasteiger partial charge >= 0.3 is 0 Å². The van der Waals surface area contributed by atoms with Gasteiger partial charge in [-0.3, -0.25) is 9.36 Å². The number of hydrogen-bond acceptors (Lipinski definition) is 3. The van der Waals surface area contributed by atoms with Crippen molar-refractivity contribution in [1.29, 1.82) is 0 Å². The third-order valence-electron chi connectivity index (χ3n) is 3.08. The van der Waals surface area contributed by atoms with Crippen molar-refractivity contribution in [3.8, 4) is 0 Å². The number of rotatable bonds is 6. The molecule has 0 spiro atoms. The zero-order valence-corrected chi connectivity index (χ0v) is 12.4. The Labute approximate surface area is 118 Å².